The molecule has 0 N–H and O–H groups in total. The van der Waals surface area contributed by atoms with Crippen LogP contribution in [0.3, 0.4) is 0 Å². The van der Waals surface area contributed by atoms with Crippen molar-refractivity contribution >= 4 is 11.9 Å². The number of hydrogen-bond acceptors (Lipinski definition) is 2. The van der Waals surface area contributed by atoms with Crippen molar-refractivity contribution in [3.63, 3.8) is 0 Å². The SMILES string of the molecule is CC(C)[C@H]1CC[C@@H](C)C(=Cc2ccc(C#N)cc2)C1=O. The number of hydrogen-bond donors (Lipinski definition) is 0. The van der Waals surface area contributed by atoms with Gasteiger partial charge in [0, 0.05) is 5.92 Å². The predicted molar refractivity (Wildman–Crippen MR) is 80.9 cm³/mol. The monoisotopic (exact) mass is 267 g/mol. The van der Waals surface area contributed by atoms with Gasteiger partial charge in [-0.2, -0.15) is 5.26 Å². The Balaban J connectivity index is 2.30. The zero-order valence-corrected chi connectivity index (χ0v) is 12.4. The highest BCUT2D eigenvalue weighted by molar-refractivity contribution is 6.02. The van der Waals surface area contributed by atoms with Gasteiger partial charge in [0.1, 0.15) is 0 Å². The smallest absolute Gasteiger partial charge is 0.162 e. The van der Waals surface area contributed by atoms with Crippen LogP contribution >= 0.6 is 0 Å². The first-order chi connectivity index (χ1) is 9.52. The van der Waals surface area contributed by atoms with Gasteiger partial charge in [0.25, 0.3) is 0 Å². The van der Waals surface area contributed by atoms with Crippen molar-refractivity contribution in [2.45, 2.75) is 33.6 Å². The molecule has 2 atom stereocenters. The minimum absolute atomic E-state index is 0.163. The third-order valence-electron chi connectivity index (χ3n) is 4.23. The molecule has 104 valence electrons. The third-order valence-corrected chi connectivity index (χ3v) is 4.23. The topological polar surface area (TPSA) is 40.9 Å². The summed E-state index contributed by atoms with van der Waals surface area (Å²) in [5, 5.41) is 8.81. The van der Waals surface area contributed by atoms with Crippen LogP contribution in [0.5, 0.6) is 0 Å². The van der Waals surface area contributed by atoms with Gasteiger partial charge in [-0.1, -0.05) is 32.9 Å². The number of ketones is 1. The Morgan fingerprint density at radius 1 is 1.25 bits per heavy atom. The van der Waals surface area contributed by atoms with Crippen molar-refractivity contribution in [2.24, 2.45) is 17.8 Å². The summed E-state index contributed by atoms with van der Waals surface area (Å²) in [5.74, 6) is 1.20. The molecule has 1 fully saturated rings. The number of carbonyl (C=O) groups is 1. The van der Waals surface area contributed by atoms with Gasteiger partial charge in [-0.15, -0.1) is 0 Å². The number of rotatable bonds is 2. The fourth-order valence-corrected chi connectivity index (χ4v) is 2.86. The number of Topliss-reactive ketones (excluding diaryl/α,β-unsaturated/α-hetero) is 1. The van der Waals surface area contributed by atoms with E-state index in [1.165, 1.54) is 0 Å². The molecule has 0 aromatic heterocycles. The van der Waals surface area contributed by atoms with Crippen LogP contribution in [-0.2, 0) is 4.79 Å². The molecule has 0 unspecified atom stereocenters. The van der Waals surface area contributed by atoms with E-state index in [-0.39, 0.29) is 5.92 Å². The highest BCUT2D eigenvalue weighted by atomic mass is 16.1. The lowest BCUT2D eigenvalue weighted by molar-refractivity contribution is -0.122. The van der Waals surface area contributed by atoms with Crippen LogP contribution < -0.4 is 0 Å². The van der Waals surface area contributed by atoms with E-state index in [1.807, 2.05) is 18.2 Å². The first-order valence-corrected chi connectivity index (χ1v) is 7.29. The Labute approximate surface area is 121 Å². The van der Waals surface area contributed by atoms with Crippen LogP contribution in [0.15, 0.2) is 29.8 Å². The van der Waals surface area contributed by atoms with E-state index in [9.17, 15) is 4.79 Å². The minimum atomic E-state index is 0.163. The molecule has 0 radical (unpaired) electrons. The summed E-state index contributed by atoms with van der Waals surface area (Å²) in [4.78, 5) is 12.6. The maximum absolute atomic E-state index is 12.6. The number of allylic oxidation sites excluding steroid dienone is 1. The number of nitriles is 1. The molecular formula is C18H21NO. The normalized spacial score (nSPS) is 24.9. The van der Waals surface area contributed by atoms with E-state index >= 15 is 0 Å². The summed E-state index contributed by atoms with van der Waals surface area (Å²) in [6, 6.07) is 9.52. The first kappa shape index (κ1) is 14.5. The number of nitrogens with zero attached hydrogens (tertiary/aromatic N) is 1. The van der Waals surface area contributed by atoms with Crippen molar-refractivity contribution in [1.29, 1.82) is 5.26 Å². The average Bonchev–Trinajstić information content (AvgIpc) is 2.43. The van der Waals surface area contributed by atoms with Crippen LogP contribution in [0, 0.1) is 29.1 Å². The maximum Gasteiger partial charge on any atom is 0.162 e. The summed E-state index contributed by atoms with van der Waals surface area (Å²) in [7, 11) is 0. The van der Waals surface area contributed by atoms with Crippen LogP contribution in [0.25, 0.3) is 6.08 Å². The van der Waals surface area contributed by atoms with E-state index in [2.05, 4.69) is 26.8 Å². The largest absolute Gasteiger partial charge is 0.294 e. The zero-order valence-electron chi connectivity index (χ0n) is 12.4. The molecule has 0 amide bonds. The van der Waals surface area contributed by atoms with Gasteiger partial charge in [0.2, 0.25) is 0 Å². The van der Waals surface area contributed by atoms with Crippen molar-refractivity contribution in [3.8, 4) is 6.07 Å². The molecule has 1 aliphatic carbocycles. The molecule has 1 aromatic rings. The molecule has 20 heavy (non-hydrogen) atoms. The summed E-state index contributed by atoms with van der Waals surface area (Å²) in [5.41, 5.74) is 2.60. The Morgan fingerprint density at radius 3 is 2.45 bits per heavy atom. The van der Waals surface area contributed by atoms with Crippen LogP contribution in [-0.4, -0.2) is 5.78 Å². The maximum atomic E-state index is 12.6. The molecule has 2 heteroatoms. The van der Waals surface area contributed by atoms with Gasteiger partial charge in [-0.05, 0) is 54.0 Å². The molecule has 1 aromatic carbocycles. The lowest BCUT2D eigenvalue weighted by Crippen LogP contribution is -2.30. The summed E-state index contributed by atoms with van der Waals surface area (Å²) in [6.07, 6.45) is 4.09. The third kappa shape index (κ3) is 2.99. The average molecular weight is 267 g/mol. The minimum Gasteiger partial charge on any atom is -0.294 e. The Bertz CT molecular complexity index is 560. The summed E-state index contributed by atoms with van der Waals surface area (Å²) < 4.78 is 0. The van der Waals surface area contributed by atoms with Gasteiger partial charge in [0.15, 0.2) is 5.78 Å². The quantitative estimate of drug-likeness (QED) is 0.753. The van der Waals surface area contributed by atoms with Crippen molar-refractivity contribution in [3.05, 3.63) is 41.0 Å². The van der Waals surface area contributed by atoms with Gasteiger partial charge < -0.3 is 0 Å². The molecule has 0 aliphatic heterocycles. The Kier molecular flexibility index (Phi) is 4.39. The highest BCUT2D eigenvalue weighted by Crippen LogP contribution is 2.35. The molecule has 0 spiro atoms. The van der Waals surface area contributed by atoms with Crippen molar-refractivity contribution < 1.29 is 4.79 Å². The highest BCUT2D eigenvalue weighted by Gasteiger charge is 2.32. The molecule has 2 rings (SSSR count). The van der Waals surface area contributed by atoms with Crippen LogP contribution in [0.1, 0.15) is 44.7 Å². The number of benzene rings is 1. The van der Waals surface area contributed by atoms with E-state index < -0.39 is 0 Å². The Morgan fingerprint density at radius 2 is 1.90 bits per heavy atom. The fraction of sp³-hybridized carbons (Fsp3) is 0.444. The molecule has 1 saturated carbocycles. The van der Waals surface area contributed by atoms with Gasteiger partial charge in [-0.25, -0.2) is 0 Å². The van der Waals surface area contributed by atoms with Gasteiger partial charge >= 0.3 is 0 Å². The van der Waals surface area contributed by atoms with Gasteiger partial charge in [-0.3, -0.25) is 4.79 Å². The predicted octanol–water partition coefficient (Wildman–Crippen LogP) is 4.21. The van der Waals surface area contributed by atoms with Gasteiger partial charge in [0.05, 0.1) is 11.6 Å². The molecular weight excluding hydrogens is 246 g/mol. The lowest BCUT2D eigenvalue weighted by atomic mass is 9.73. The standard InChI is InChI=1S/C18H21NO/c1-12(2)16-9-4-13(3)17(18(16)20)10-14-5-7-15(11-19)8-6-14/h5-8,10,12-13,16H,4,9H2,1-3H3/t13-,16-/m1/s1. The second kappa shape index (κ2) is 6.05. The Hall–Kier alpha value is -1.88. The molecule has 2 nitrogen and oxygen atoms in total. The van der Waals surface area contributed by atoms with E-state index in [0.717, 1.165) is 24.0 Å². The van der Waals surface area contributed by atoms with E-state index in [1.54, 1.807) is 12.1 Å². The van der Waals surface area contributed by atoms with Crippen molar-refractivity contribution in [1.82, 2.24) is 0 Å². The molecule has 0 bridgehead atoms. The molecule has 0 saturated heterocycles. The lowest BCUT2D eigenvalue weighted by Gasteiger charge is -2.30. The van der Waals surface area contributed by atoms with Crippen molar-refractivity contribution in [2.75, 3.05) is 0 Å². The molecule has 1 aliphatic rings. The second-order valence-electron chi connectivity index (χ2n) is 6.03. The first-order valence-electron chi connectivity index (χ1n) is 7.29. The van der Waals surface area contributed by atoms with Crippen LogP contribution in [0.2, 0.25) is 0 Å². The second-order valence-corrected chi connectivity index (χ2v) is 6.03. The van der Waals surface area contributed by atoms with E-state index in [0.29, 0.717) is 23.2 Å². The summed E-state index contributed by atoms with van der Waals surface area (Å²) in [6.45, 7) is 6.37. The van der Waals surface area contributed by atoms with Crippen LogP contribution in [0.4, 0.5) is 0 Å². The van der Waals surface area contributed by atoms with E-state index in [4.69, 9.17) is 5.26 Å². The number of carbonyl (C=O) groups excluding carboxylic acids is 1. The fourth-order valence-electron chi connectivity index (χ4n) is 2.86. The zero-order chi connectivity index (χ0) is 14.7. The molecule has 0 heterocycles. The summed E-state index contributed by atoms with van der Waals surface area (Å²) >= 11 is 0.